The fourth-order valence-electron chi connectivity index (χ4n) is 1.53. The van der Waals surface area contributed by atoms with Crippen molar-refractivity contribution in [3.63, 3.8) is 0 Å². The first kappa shape index (κ1) is 14.2. The number of hydrogen-bond acceptors (Lipinski definition) is 2. The van der Waals surface area contributed by atoms with Crippen LogP contribution in [-0.2, 0) is 4.79 Å². The number of halogens is 1. The molecule has 1 unspecified atom stereocenters. The lowest BCUT2D eigenvalue weighted by molar-refractivity contribution is -0.116. The maximum Gasteiger partial charge on any atom is 0.224 e. The molecule has 0 aliphatic carbocycles. The van der Waals surface area contributed by atoms with E-state index in [-0.39, 0.29) is 5.91 Å². The fourth-order valence-corrected chi connectivity index (χ4v) is 2.14. The second kappa shape index (κ2) is 6.77. The summed E-state index contributed by atoms with van der Waals surface area (Å²) >= 11 is 3.41. The average Bonchev–Trinajstić information content (AvgIpc) is 2.24. The van der Waals surface area contributed by atoms with Crippen LogP contribution in [0.15, 0.2) is 22.7 Å². The summed E-state index contributed by atoms with van der Waals surface area (Å²) < 4.78 is 0.975. The minimum Gasteiger partial charge on any atom is -0.330 e. The average molecular weight is 299 g/mol. The van der Waals surface area contributed by atoms with Gasteiger partial charge < -0.3 is 11.1 Å². The molecule has 0 heterocycles. The van der Waals surface area contributed by atoms with E-state index >= 15 is 0 Å². The van der Waals surface area contributed by atoms with Crippen LogP contribution in [0.1, 0.15) is 25.3 Å². The zero-order valence-electron chi connectivity index (χ0n) is 10.3. The Morgan fingerprint density at radius 3 is 2.76 bits per heavy atom. The van der Waals surface area contributed by atoms with E-state index in [2.05, 4.69) is 28.2 Å². The summed E-state index contributed by atoms with van der Waals surface area (Å²) in [5.41, 5.74) is 7.46. The summed E-state index contributed by atoms with van der Waals surface area (Å²) in [6.45, 7) is 4.68. The van der Waals surface area contributed by atoms with Crippen LogP contribution in [0.2, 0.25) is 0 Å². The highest BCUT2D eigenvalue weighted by Crippen LogP contribution is 2.19. The van der Waals surface area contributed by atoms with E-state index in [4.69, 9.17) is 5.73 Å². The fraction of sp³-hybridized carbons (Fsp3) is 0.462. The predicted molar refractivity (Wildman–Crippen MR) is 75.0 cm³/mol. The van der Waals surface area contributed by atoms with Gasteiger partial charge >= 0.3 is 0 Å². The maximum atomic E-state index is 11.7. The Morgan fingerprint density at radius 1 is 1.47 bits per heavy atom. The monoisotopic (exact) mass is 298 g/mol. The van der Waals surface area contributed by atoms with Crippen LogP contribution in [0.3, 0.4) is 0 Å². The molecule has 1 rings (SSSR count). The molecule has 1 aromatic rings. The van der Waals surface area contributed by atoms with Crippen LogP contribution in [0.25, 0.3) is 0 Å². The number of nitrogens with two attached hydrogens (primary N) is 1. The summed E-state index contributed by atoms with van der Waals surface area (Å²) in [6, 6.07) is 5.86. The van der Waals surface area contributed by atoms with Gasteiger partial charge in [0.25, 0.3) is 0 Å². The molecule has 1 amide bonds. The third-order valence-corrected chi connectivity index (χ3v) is 3.05. The lowest BCUT2D eigenvalue weighted by atomic mass is 10.1. The van der Waals surface area contributed by atoms with Crippen LogP contribution in [-0.4, -0.2) is 12.5 Å². The second-order valence-corrected chi connectivity index (χ2v) is 5.36. The van der Waals surface area contributed by atoms with Crippen molar-refractivity contribution in [2.45, 2.75) is 26.7 Å². The van der Waals surface area contributed by atoms with Crippen LogP contribution in [0.5, 0.6) is 0 Å². The van der Waals surface area contributed by atoms with Gasteiger partial charge in [-0.05, 0) is 49.6 Å². The molecular formula is C13H19BrN2O. The van der Waals surface area contributed by atoms with Crippen LogP contribution in [0, 0.1) is 12.8 Å². The number of amides is 1. The Bertz CT molecular complexity index is 373. The second-order valence-electron chi connectivity index (χ2n) is 4.44. The highest BCUT2D eigenvalue weighted by molar-refractivity contribution is 9.10. The van der Waals surface area contributed by atoms with E-state index in [1.54, 1.807) is 0 Å². The molecule has 0 radical (unpaired) electrons. The van der Waals surface area contributed by atoms with Crippen molar-refractivity contribution < 1.29 is 4.79 Å². The topological polar surface area (TPSA) is 55.1 Å². The van der Waals surface area contributed by atoms with E-state index < -0.39 is 0 Å². The third kappa shape index (κ3) is 5.33. The molecule has 0 bridgehead atoms. The Morgan fingerprint density at radius 2 is 2.18 bits per heavy atom. The molecule has 1 aromatic carbocycles. The molecule has 0 aliphatic rings. The normalized spacial score (nSPS) is 12.2. The van der Waals surface area contributed by atoms with E-state index in [0.717, 1.165) is 22.1 Å². The molecule has 0 spiro atoms. The summed E-state index contributed by atoms with van der Waals surface area (Å²) in [6.07, 6.45) is 1.35. The minimum absolute atomic E-state index is 0.0443. The number of carbonyl (C=O) groups excluding carboxylic acids is 1. The van der Waals surface area contributed by atoms with Gasteiger partial charge in [0.05, 0.1) is 0 Å². The first-order chi connectivity index (χ1) is 8.01. The molecule has 0 fully saturated rings. The molecule has 0 saturated carbocycles. The van der Waals surface area contributed by atoms with Gasteiger partial charge in [-0.2, -0.15) is 0 Å². The number of anilines is 1. The van der Waals surface area contributed by atoms with Crippen molar-refractivity contribution in [3.05, 3.63) is 28.2 Å². The Labute approximate surface area is 111 Å². The van der Waals surface area contributed by atoms with Crippen molar-refractivity contribution in [1.29, 1.82) is 0 Å². The lowest BCUT2D eigenvalue weighted by Gasteiger charge is -2.09. The van der Waals surface area contributed by atoms with Gasteiger partial charge in [0, 0.05) is 16.6 Å². The summed E-state index contributed by atoms with van der Waals surface area (Å²) in [5.74, 6) is 0.438. The van der Waals surface area contributed by atoms with Crippen LogP contribution >= 0.6 is 15.9 Å². The highest BCUT2D eigenvalue weighted by Gasteiger charge is 2.06. The van der Waals surface area contributed by atoms with Crippen molar-refractivity contribution >= 4 is 27.5 Å². The minimum atomic E-state index is 0.0443. The number of nitrogens with one attached hydrogen (secondary N) is 1. The number of hydrogen-bond donors (Lipinski definition) is 2. The number of carbonyl (C=O) groups is 1. The van der Waals surface area contributed by atoms with Gasteiger partial charge in [-0.1, -0.05) is 22.9 Å². The van der Waals surface area contributed by atoms with Gasteiger partial charge in [-0.25, -0.2) is 0 Å². The summed E-state index contributed by atoms with van der Waals surface area (Å²) in [7, 11) is 0. The SMILES string of the molecule is Cc1cc(Br)cc(NC(=O)CCC(C)CN)c1. The van der Waals surface area contributed by atoms with Gasteiger partial charge in [-0.15, -0.1) is 0 Å². The molecule has 3 nitrogen and oxygen atoms in total. The van der Waals surface area contributed by atoms with E-state index in [1.165, 1.54) is 0 Å². The first-order valence-corrected chi connectivity index (χ1v) is 6.57. The van der Waals surface area contributed by atoms with E-state index in [1.807, 2.05) is 25.1 Å². The number of aryl methyl sites for hydroxylation is 1. The summed E-state index contributed by atoms with van der Waals surface area (Å²) in [5, 5.41) is 2.89. The van der Waals surface area contributed by atoms with E-state index in [9.17, 15) is 4.79 Å². The zero-order chi connectivity index (χ0) is 12.8. The third-order valence-electron chi connectivity index (χ3n) is 2.59. The Kier molecular flexibility index (Phi) is 5.65. The molecule has 3 N–H and O–H groups in total. The van der Waals surface area contributed by atoms with Crippen molar-refractivity contribution in [3.8, 4) is 0 Å². The number of rotatable bonds is 5. The molecule has 1 atom stereocenters. The van der Waals surface area contributed by atoms with Gasteiger partial charge in [0.15, 0.2) is 0 Å². The van der Waals surface area contributed by atoms with Crippen LogP contribution in [0.4, 0.5) is 5.69 Å². The van der Waals surface area contributed by atoms with Gasteiger partial charge in [-0.3, -0.25) is 4.79 Å². The molecule has 0 saturated heterocycles. The van der Waals surface area contributed by atoms with E-state index in [0.29, 0.717) is 18.9 Å². The van der Waals surface area contributed by atoms with Crippen molar-refractivity contribution in [2.24, 2.45) is 11.7 Å². The summed E-state index contributed by atoms with van der Waals surface area (Å²) in [4.78, 5) is 11.7. The molecule has 0 aromatic heterocycles. The molecular weight excluding hydrogens is 280 g/mol. The highest BCUT2D eigenvalue weighted by atomic mass is 79.9. The largest absolute Gasteiger partial charge is 0.330 e. The molecule has 17 heavy (non-hydrogen) atoms. The standard InChI is InChI=1S/C13H19BrN2O/c1-9(8-15)3-4-13(17)16-12-6-10(2)5-11(14)7-12/h5-7,9H,3-4,8,15H2,1-2H3,(H,16,17). The molecule has 0 aliphatic heterocycles. The van der Waals surface area contributed by atoms with Crippen LogP contribution < -0.4 is 11.1 Å². The first-order valence-electron chi connectivity index (χ1n) is 5.78. The van der Waals surface area contributed by atoms with Crippen molar-refractivity contribution in [1.82, 2.24) is 0 Å². The Balaban J connectivity index is 2.50. The quantitative estimate of drug-likeness (QED) is 0.878. The van der Waals surface area contributed by atoms with Crippen molar-refractivity contribution in [2.75, 3.05) is 11.9 Å². The molecule has 94 valence electrons. The van der Waals surface area contributed by atoms with Gasteiger partial charge in [0.2, 0.25) is 5.91 Å². The lowest BCUT2D eigenvalue weighted by Crippen LogP contribution is -2.16. The molecule has 4 heteroatoms. The zero-order valence-corrected chi connectivity index (χ0v) is 11.9. The smallest absolute Gasteiger partial charge is 0.224 e. The number of benzene rings is 1. The van der Waals surface area contributed by atoms with Gasteiger partial charge in [0.1, 0.15) is 0 Å². The maximum absolute atomic E-state index is 11.7. The predicted octanol–water partition coefficient (Wildman–Crippen LogP) is 3.07. The Hall–Kier alpha value is -0.870.